The Balaban J connectivity index is 2.23. The number of rotatable bonds is 6. The predicted octanol–water partition coefficient (Wildman–Crippen LogP) is 2.38. The minimum atomic E-state index is -0.0773. The Hall–Kier alpha value is -1.00. The summed E-state index contributed by atoms with van der Waals surface area (Å²) in [4.78, 5) is 12.5. The number of ether oxygens (including phenoxy) is 1. The van der Waals surface area contributed by atoms with Crippen LogP contribution in [0.4, 0.5) is 0 Å². The molecule has 0 saturated carbocycles. The van der Waals surface area contributed by atoms with Gasteiger partial charge >= 0.3 is 0 Å². The summed E-state index contributed by atoms with van der Waals surface area (Å²) in [6, 6.07) is 7.11. The van der Waals surface area contributed by atoms with Crippen LogP contribution in [0.5, 0.6) is 0 Å². The number of amides is 1. The Kier molecular flexibility index (Phi) is 6.08. The van der Waals surface area contributed by atoms with Gasteiger partial charge in [0.05, 0.1) is 6.61 Å². The maximum Gasteiger partial charge on any atom is 0.251 e. The summed E-state index contributed by atoms with van der Waals surface area (Å²) in [6.07, 6.45) is 0. The Morgan fingerprint density at radius 3 is 2.59 bits per heavy atom. The smallest absolute Gasteiger partial charge is 0.251 e. The van der Waals surface area contributed by atoms with E-state index in [9.17, 15) is 4.79 Å². The van der Waals surface area contributed by atoms with E-state index in [2.05, 4.69) is 31.8 Å². The van der Waals surface area contributed by atoms with Gasteiger partial charge in [-0.15, -0.1) is 12.6 Å². The quantitative estimate of drug-likeness (QED) is 0.603. The highest BCUT2D eigenvalue weighted by molar-refractivity contribution is 7.80. The van der Waals surface area contributed by atoms with Crippen molar-refractivity contribution in [2.45, 2.75) is 18.7 Å². The maximum absolute atomic E-state index is 11.7. The topological polar surface area (TPSA) is 38.3 Å². The third kappa shape index (κ3) is 5.75. The second kappa shape index (κ2) is 7.35. The van der Waals surface area contributed by atoms with Crippen LogP contribution in [0.25, 0.3) is 0 Å². The van der Waals surface area contributed by atoms with Crippen LogP contribution in [-0.2, 0) is 4.74 Å². The molecule has 0 heterocycles. The van der Waals surface area contributed by atoms with Crippen LogP contribution in [0.3, 0.4) is 0 Å². The van der Waals surface area contributed by atoms with Crippen LogP contribution in [0.15, 0.2) is 29.2 Å². The molecule has 4 heteroatoms. The van der Waals surface area contributed by atoms with E-state index in [1.165, 1.54) is 0 Å². The van der Waals surface area contributed by atoms with Gasteiger partial charge in [-0.2, -0.15) is 0 Å². The monoisotopic (exact) mass is 253 g/mol. The van der Waals surface area contributed by atoms with E-state index in [-0.39, 0.29) is 5.91 Å². The molecule has 0 spiro atoms. The van der Waals surface area contributed by atoms with Gasteiger partial charge in [0.1, 0.15) is 0 Å². The molecule has 0 fully saturated rings. The lowest BCUT2D eigenvalue weighted by atomic mass is 10.2. The number of benzene rings is 1. The summed E-state index contributed by atoms with van der Waals surface area (Å²) >= 11 is 4.17. The van der Waals surface area contributed by atoms with Crippen molar-refractivity contribution in [3.05, 3.63) is 29.8 Å². The molecule has 0 unspecified atom stereocenters. The van der Waals surface area contributed by atoms with Gasteiger partial charge in [-0.05, 0) is 30.2 Å². The fourth-order valence-corrected chi connectivity index (χ4v) is 1.42. The zero-order valence-electron chi connectivity index (χ0n) is 10.3. The van der Waals surface area contributed by atoms with Crippen molar-refractivity contribution in [3.8, 4) is 0 Å². The predicted molar refractivity (Wildman–Crippen MR) is 71.7 cm³/mol. The van der Waals surface area contributed by atoms with Crippen molar-refractivity contribution in [2.24, 2.45) is 5.92 Å². The van der Waals surface area contributed by atoms with Crippen molar-refractivity contribution in [2.75, 3.05) is 19.8 Å². The van der Waals surface area contributed by atoms with Gasteiger partial charge in [0.15, 0.2) is 0 Å². The van der Waals surface area contributed by atoms with Crippen molar-refractivity contribution in [3.63, 3.8) is 0 Å². The number of thiol groups is 1. The number of nitrogens with one attached hydrogen (secondary N) is 1. The molecule has 0 radical (unpaired) electrons. The number of hydrogen-bond acceptors (Lipinski definition) is 3. The molecule has 0 saturated heterocycles. The van der Waals surface area contributed by atoms with Gasteiger partial charge in [0.25, 0.3) is 5.91 Å². The third-order valence-electron chi connectivity index (χ3n) is 2.11. The third-order valence-corrected chi connectivity index (χ3v) is 2.41. The highest BCUT2D eigenvalue weighted by atomic mass is 32.1. The lowest BCUT2D eigenvalue weighted by molar-refractivity contribution is 0.0886. The van der Waals surface area contributed by atoms with Crippen LogP contribution in [0.1, 0.15) is 24.2 Å². The molecule has 1 N–H and O–H groups in total. The maximum atomic E-state index is 11.7. The van der Waals surface area contributed by atoms with Crippen molar-refractivity contribution in [1.82, 2.24) is 5.32 Å². The van der Waals surface area contributed by atoms with Crippen LogP contribution >= 0.6 is 12.6 Å². The molecule has 0 aliphatic carbocycles. The first-order chi connectivity index (χ1) is 8.09. The summed E-state index contributed by atoms with van der Waals surface area (Å²) in [7, 11) is 0. The average Bonchev–Trinajstić information content (AvgIpc) is 2.29. The van der Waals surface area contributed by atoms with Crippen LogP contribution < -0.4 is 5.32 Å². The molecular formula is C13H19NO2S. The second-order valence-electron chi connectivity index (χ2n) is 4.27. The Morgan fingerprint density at radius 2 is 2.00 bits per heavy atom. The first-order valence-corrected chi connectivity index (χ1v) is 6.19. The molecule has 17 heavy (non-hydrogen) atoms. The molecule has 1 aromatic rings. The molecule has 94 valence electrons. The van der Waals surface area contributed by atoms with Crippen LogP contribution in [0.2, 0.25) is 0 Å². The molecule has 0 aliphatic rings. The van der Waals surface area contributed by atoms with Gasteiger partial charge in [-0.25, -0.2) is 0 Å². The molecule has 0 bridgehead atoms. The molecule has 0 atom stereocenters. The van der Waals surface area contributed by atoms with E-state index in [1.54, 1.807) is 24.3 Å². The lowest BCUT2D eigenvalue weighted by Crippen LogP contribution is -2.27. The average molecular weight is 253 g/mol. The van der Waals surface area contributed by atoms with E-state index in [1.807, 2.05) is 0 Å². The Morgan fingerprint density at radius 1 is 1.35 bits per heavy atom. The van der Waals surface area contributed by atoms with Crippen molar-refractivity contribution < 1.29 is 9.53 Å². The van der Waals surface area contributed by atoms with Crippen LogP contribution in [0, 0.1) is 5.92 Å². The van der Waals surface area contributed by atoms with E-state index >= 15 is 0 Å². The molecule has 1 aromatic carbocycles. The summed E-state index contributed by atoms with van der Waals surface area (Å²) in [5.74, 6) is 0.445. The van der Waals surface area contributed by atoms with Crippen LogP contribution in [-0.4, -0.2) is 25.7 Å². The van der Waals surface area contributed by atoms with Crippen molar-refractivity contribution >= 4 is 18.5 Å². The summed E-state index contributed by atoms with van der Waals surface area (Å²) < 4.78 is 5.37. The van der Waals surface area contributed by atoms with Gasteiger partial charge in [0.2, 0.25) is 0 Å². The standard InChI is InChI=1S/C13H19NO2S/c1-10(2)9-16-8-7-14-13(15)11-3-5-12(17)6-4-11/h3-6,10,17H,7-9H2,1-2H3,(H,14,15). The first-order valence-electron chi connectivity index (χ1n) is 5.74. The minimum absolute atomic E-state index is 0.0773. The van der Waals surface area contributed by atoms with E-state index in [4.69, 9.17) is 4.74 Å². The Labute approximate surface area is 108 Å². The number of carbonyl (C=O) groups is 1. The molecule has 1 amide bonds. The first kappa shape index (κ1) is 14.1. The van der Waals surface area contributed by atoms with Crippen molar-refractivity contribution in [1.29, 1.82) is 0 Å². The zero-order valence-corrected chi connectivity index (χ0v) is 11.2. The van der Waals surface area contributed by atoms with E-state index < -0.39 is 0 Å². The summed E-state index contributed by atoms with van der Waals surface area (Å²) in [6.45, 7) is 6.00. The number of hydrogen-bond donors (Lipinski definition) is 2. The largest absolute Gasteiger partial charge is 0.379 e. The normalized spacial score (nSPS) is 10.6. The minimum Gasteiger partial charge on any atom is -0.379 e. The molecule has 0 aliphatic heterocycles. The van der Waals surface area contributed by atoms with Gasteiger partial charge in [-0.3, -0.25) is 4.79 Å². The fourth-order valence-electron chi connectivity index (χ4n) is 1.27. The number of carbonyl (C=O) groups excluding carboxylic acids is 1. The second-order valence-corrected chi connectivity index (χ2v) is 4.79. The molecule has 0 aromatic heterocycles. The zero-order chi connectivity index (χ0) is 12.7. The highest BCUT2D eigenvalue weighted by Crippen LogP contribution is 2.07. The van der Waals surface area contributed by atoms with E-state index in [0.717, 1.165) is 11.5 Å². The van der Waals surface area contributed by atoms with Gasteiger partial charge in [-0.1, -0.05) is 13.8 Å². The summed E-state index contributed by atoms with van der Waals surface area (Å²) in [5, 5.41) is 2.80. The lowest BCUT2D eigenvalue weighted by Gasteiger charge is -2.08. The summed E-state index contributed by atoms with van der Waals surface area (Å²) in [5.41, 5.74) is 0.645. The highest BCUT2D eigenvalue weighted by Gasteiger charge is 2.03. The SMILES string of the molecule is CC(C)COCCNC(=O)c1ccc(S)cc1. The fraction of sp³-hybridized carbons (Fsp3) is 0.462. The molecule has 1 rings (SSSR count). The van der Waals surface area contributed by atoms with E-state index in [0.29, 0.717) is 24.6 Å². The van der Waals surface area contributed by atoms with Gasteiger partial charge < -0.3 is 10.1 Å². The van der Waals surface area contributed by atoms with Gasteiger partial charge in [0, 0.05) is 23.6 Å². The molecule has 3 nitrogen and oxygen atoms in total. The molecular weight excluding hydrogens is 234 g/mol. The Bertz CT molecular complexity index is 349.